The summed E-state index contributed by atoms with van der Waals surface area (Å²) in [5.74, 6) is -0.551. The van der Waals surface area contributed by atoms with Crippen LogP contribution in [-0.2, 0) is 4.79 Å². The van der Waals surface area contributed by atoms with Crippen LogP contribution in [0.1, 0.15) is 6.92 Å². The normalized spacial score (nSPS) is 20.8. The van der Waals surface area contributed by atoms with Crippen molar-refractivity contribution in [1.82, 2.24) is 10.6 Å². The minimum Gasteiger partial charge on any atom is -0.478 e. The third-order valence-electron chi connectivity index (χ3n) is 2.17. The lowest BCUT2D eigenvalue weighted by molar-refractivity contribution is -0.132. The van der Waals surface area contributed by atoms with Gasteiger partial charge in [0.05, 0.1) is 18.3 Å². The minimum absolute atomic E-state index is 0.161. The Balaban J connectivity index is 2.76. The van der Waals surface area contributed by atoms with E-state index >= 15 is 0 Å². The van der Waals surface area contributed by atoms with Gasteiger partial charge in [0, 0.05) is 18.3 Å². The van der Waals surface area contributed by atoms with Gasteiger partial charge < -0.3 is 20.8 Å². The number of nitrogens with zero attached hydrogens (tertiary/aromatic N) is 2. The molecule has 1 aliphatic heterocycles. The number of β-amino-alcohol motifs (C(OH)–C–C–N with tert-alkyl or cyclic N) is 1. The molecule has 1 rings (SSSR count). The van der Waals surface area contributed by atoms with E-state index in [9.17, 15) is 9.90 Å². The largest absolute Gasteiger partial charge is 0.478 e. The maximum absolute atomic E-state index is 10.7. The molecule has 1 unspecified atom stereocenters. The molecule has 1 aliphatic rings. The van der Waals surface area contributed by atoms with Crippen LogP contribution in [0.15, 0.2) is 33.5 Å². The number of carboxylic acids is 1. The van der Waals surface area contributed by atoms with Gasteiger partial charge in [0.25, 0.3) is 0 Å². The molecule has 0 aromatic rings. The summed E-state index contributed by atoms with van der Waals surface area (Å²) in [6.45, 7) is 5.48. The van der Waals surface area contributed by atoms with Gasteiger partial charge in [-0.25, -0.2) is 4.79 Å². The number of aliphatic carboxylic acids is 1. The summed E-state index contributed by atoms with van der Waals surface area (Å²) in [5, 5.41) is 23.8. The number of allylic oxidation sites excluding steroid dienone is 1. The SMILES string of the molecule is C=N/C=C(\C=C(/C)C(=O)O)NC1=NCC(O)CN1. The van der Waals surface area contributed by atoms with E-state index in [0.717, 1.165) is 0 Å². The number of hydrogen-bond donors (Lipinski definition) is 4. The second-order valence-electron chi connectivity index (χ2n) is 3.75. The fourth-order valence-corrected chi connectivity index (χ4v) is 1.25. The molecule has 4 N–H and O–H groups in total. The topological polar surface area (TPSA) is 106 Å². The fraction of sp³-hybridized carbons (Fsp3) is 0.364. The number of nitrogens with one attached hydrogen (secondary N) is 2. The number of rotatable bonds is 4. The number of aliphatic hydroxyl groups is 1. The van der Waals surface area contributed by atoms with E-state index < -0.39 is 12.1 Å². The molecule has 18 heavy (non-hydrogen) atoms. The average molecular weight is 252 g/mol. The Morgan fingerprint density at radius 1 is 1.72 bits per heavy atom. The first-order chi connectivity index (χ1) is 8.52. The molecular weight excluding hydrogens is 236 g/mol. The van der Waals surface area contributed by atoms with E-state index in [4.69, 9.17) is 5.11 Å². The van der Waals surface area contributed by atoms with Crippen LogP contribution < -0.4 is 10.6 Å². The molecule has 0 radical (unpaired) electrons. The number of carbonyl (C=O) groups is 1. The molecule has 98 valence electrons. The molecule has 7 heteroatoms. The quantitative estimate of drug-likeness (QED) is 0.306. The highest BCUT2D eigenvalue weighted by Crippen LogP contribution is 2.01. The average Bonchev–Trinajstić information content (AvgIpc) is 2.32. The van der Waals surface area contributed by atoms with Gasteiger partial charge in [0.15, 0.2) is 5.96 Å². The lowest BCUT2D eigenvalue weighted by atomic mass is 10.2. The third-order valence-corrected chi connectivity index (χ3v) is 2.17. The zero-order valence-corrected chi connectivity index (χ0v) is 10.1. The Hall–Kier alpha value is -2.15. The summed E-state index contributed by atoms with van der Waals surface area (Å²) >= 11 is 0. The first-order valence-electron chi connectivity index (χ1n) is 5.34. The van der Waals surface area contributed by atoms with Gasteiger partial charge in [-0.3, -0.25) is 9.98 Å². The summed E-state index contributed by atoms with van der Waals surface area (Å²) in [5.41, 5.74) is 0.612. The van der Waals surface area contributed by atoms with E-state index in [-0.39, 0.29) is 5.57 Å². The van der Waals surface area contributed by atoms with Crippen LogP contribution in [0.4, 0.5) is 0 Å². The van der Waals surface area contributed by atoms with Crippen molar-refractivity contribution in [1.29, 1.82) is 0 Å². The zero-order valence-electron chi connectivity index (χ0n) is 10.1. The van der Waals surface area contributed by atoms with Gasteiger partial charge in [0.1, 0.15) is 0 Å². The van der Waals surface area contributed by atoms with E-state index in [0.29, 0.717) is 24.7 Å². The summed E-state index contributed by atoms with van der Waals surface area (Å²) in [4.78, 5) is 18.4. The van der Waals surface area contributed by atoms with Gasteiger partial charge in [-0.05, 0) is 19.7 Å². The van der Waals surface area contributed by atoms with Gasteiger partial charge in [-0.1, -0.05) is 0 Å². The number of aliphatic hydroxyl groups excluding tert-OH is 1. The number of guanidine groups is 1. The van der Waals surface area contributed by atoms with E-state index in [1.165, 1.54) is 19.2 Å². The number of aliphatic imine (C=N–C) groups is 2. The molecule has 0 saturated carbocycles. The molecule has 0 spiro atoms. The summed E-state index contributed by atoms with van der Waals surface area (Å²) in [7, 11) is 0. The van der Waals surface area contributed by atoms with E-state index in [2.05, 4.69) is 27.3 Å². The van der Waals surface area contributed by atoms with Crippen molar-refractivity contribution in [3.05, 3.63) is 23.5 Å². The standard InChI is InChI=1S/C11H16N4O3/c1-7(10(17)18)3-8(4-12-2)15-11-13-5-9(16)6-14-11/h3-4,9,16H,2,5-6H2,1H3,(H,17,18)(H2,13,14,15)/b7-3+,8-4+. The Labute approximate surface area is 105 Å². The number of carboxylic acid groups (broad SMARTS) is 1. The van der Waals surface area contributed by atoms with Crippen LogP contribution in [0.2, 0.25) is 0 Å². The van der Waals surface area contributed by atoms with Crippen molar-refractivity contribution >= 4 is 18.6 Å². The number of hydrogen-bond acceptors (Lipinski definition) is 6. The predicted molar refractivity (Wildman–Crippen MR) is 68.5 cm³/mol. The highest BCUT2D eigenvalue weighted by Gasteiger charge is 2.12. The minimum atomic E-state index is -1.01. The Kier molecular flexibility index (Phi) is 5.06. The second kappa shape index (κ2) is 6.55. The molecule has 0 fully saturated rings. The van der Waals surface area contributed by atoms with Crippen LogP contribution in [-0.4, -0.2) is 48.1 Å². The first-order valence-corrected chi connectivity index (χ1v) is 5.34. The first kappa shape index (κ1) is 13.9. The fourth-order valence-electron chi connectivity index (χ4n) is 1.25. The van der Waals surface area contributed by atoms with Gasteiger partial charge in [-0.2, -0.15) is 0 Å². The van der Waals surface area contributed by atoms with Crippen molar-refractivity contribution in [3.8, 4) is 0 Å². The zero-order chi connectivity index (χ0) is 13.5. The molecular formula is C11H16N4O3. The second-order valence-corrected chi connectivity index (χ2v) is 3.75. The Morgan fingerprint density at radius 3 is 2.94 bits per heavy atom. The van der Waals surface area contributed by atoms with Crippen LogP contribution >= 0.6 is 0 Å². The van der Waals surface area contributed by atoms with Crippen molar-refractivity contribution < 1.29 is 15.0 Å². The van der Waals surface area contributed by atoms with Crippen LogP contribution in [0.25, 0.3) is 0 Å². The summed E-state index contributed by atoms with van der Waals surface area (Å²) in [6, 6.07) is 0. The molecule has 7 nitrogen and oxygen atoms in total. The molecule has 1 heterocycles. The Morgan fingerprint density at radius 2 is 2.44 bits per heavy atom. The van der Waals surface area contributed by atoms with Crippen LogP contribution in [0.5, 0.6) is 0 Å². The molecule has 0 amide bonds. The summed E-state index contributed by atoms with van der Waals surface area (Å²) in [6.07, 6.45) is 2.31. The molecule has 0 aliphatic carbocycles. The van der Waals surface area contributed by atoms with E-state index in [1.807, 2.05) is 0 Å². The molecule has 0 aromatic carbocycles. The molecule has 0 saturated heterocycles. The predicted octanol–water partition coefficient (Wildman–Crippen LogP) is -0.531. The molecule has 1 atom stereocenters. The highest BCUT2D eigenvalue weighted by molar-refractivity contribution is 5.87. The van der Waals surface area contributed by atoms with Gasteiger partial charge in [-0.15, -0.1) is 0 Å². The lowest BCUT2D eigenvalue weighted by Gasteiger charge is -2.20. The monoisotopic (exact) mass is 252 g/mol. The maximum Gasteiger partial charge on any atom is 0.331 e. The molecule has 0 bridgehead atoms. The highest BCUT2D eigenvalue weighted by atomic mass is 16.4. The van der Waals surface area contributed by atoms with Gasteiger partial charge >= 0.3 is 5.97 Å². The smallest absolute Gasteiger partial charge is 0.331 e. The van der Waals surface area contributed by atoms with Crippen molar-refractivity contribution in [2.45, 2.75) is 13.0 Å². The van der Waals surface area contributed by atoms with Crippen LogP contribution in [0, 0.1) is 0 Å². The third kappa shape index (κ3) is 4.38. The summed E-state index contributed by atoms with van der Waals surface area (Å²) < 4.78 is 0. The lowest BCUT2D eigenvalue weighted by Crippen LogP contribution is -2.45. The maximum atomic E-state index is 10.7. The van der Waals surface area contributed by atoms with E-state index in [1.54, 1.807) is 0 Å². The van der Waals surface area contributed by atoms with Gasteiger partial charge in [0.2, 0.25) is 0 Å². The Bertz CT molecular complexity index is 426. The van der Waals surface area contributed by atoms with Crippen molar-refractivity contribution in [2.75, 3.05) is 13.1 Å². The van der Waals surface area contributed by atoms with Crippen molar-refractivity contribution in [2.24, 2.45) is 9.98 Å². The van der Waals surface area contributed by atoms with Crippen molar-refractivity contribution in [3.63, 3.8) is 0 Å². The molecule has 0 aromatic heterocycles. The van der Waals surface area contributed by atoms with Crippen LogP contribution in [0.3, 0.4) is 0 Å².